The highest BCUT2D eigenvalue weighted by atomic mass is 16.6. The Balaban J connectivity index is 2.60. The largest absolute Gasteiger partial charge is 0.484 e. The number of carboxylic acid groups (broad SMARTS) is 1. The number of rotatable bonds is 7. The summed E-state index contributed by atoms with van der Waals surface area (Å²) in [5.74, 6) is 0.663. The van der Waals surface area contributed by atoms with Crippen molar-refractivity contribution >= 4 is 17.6 Å². The number of non-ortho nitro benzene ring substituents is 1. The lowest BCUT2D eigenvalue weighted by molar-refractivity contribution is -0.384. The van der Waals surface area contributed by atoms with Crippen molar-refractivity contribution in [2.45, 2.75) is 0 Å². The average Bonchev–Trinajstić information content (AvgIpc) is 2.44. The number of carboxylic acids is 1. The van der Waals surface area contributed by atoms with Crippen molar-refractivity contribution in [2.75, 3.05) is 19.7 Å². The first kappa shape index (κ1) is 16.0. The third kappa shape index (κ3) is 5.20. The van der Waals surface area contributed by atoms with Crippen molar-refractivity contribution in [3.05, 3.63) is 34.4 Å². The molecular formula is C13H12N2O6. The second-order valence-electron chi connectivity index (χ2n) is 3.89. The fourth-order valence-electron chi connectivity index (χ4n) is 1.41. The van der Waals surface area contributed by atoms with Crippen LogP contribution in [0.5, 0.6) is 5.75 Å². The molecule has 0 fully saturated rings. The van der Waals surface area contributed by atoms with Gasteiger partial charge in [-0.05, 0) is 12.1 Å². The van der Waals surface area contributed by atoms with Crippen molar-refractivity contribution in [1.29, 1.82) is 0 Å². The summed E-state index contributed by atoms with van der Waals surface area (Å²) in [6.07, 6.45) is 5.05. The molecule has 110 valence electrons. The molecule has 0 radical (unpaired) electrons. The smallest absolute Gasteiger partial charge is 0.323 e. The number of nitrogens with zero attached hydrogens (tertiary/aromatic N) is 2. The van der Waals surface area contributed by atoms with Crippen LogP contribution in [0.1, 0.15) is 0 Å². The lowest BCUT2D eigenvalue weighted by Gasteiger charge is -2.17. The highest BCUT2D eigenvalue weighted by Crippen LogP contribution is 2.17. The van der Waals surface area contributed by atoms with E-state index >= 15 is 0 Å². The molecule has 0 aliphatic carbocycles. The zero-order chi connectivity index (χ0) is 15.8. The van der Waals surface area contributed by atoms with E-state index in [9.17, 15) is 19.7 Å². The first-order valence-corrected chi connectivity index (χ1v) is 5.74. The van der Waals surface area contributed by atoms with Crippen LogP contribution < -0.4 is 4.74 Å². The number of hydrogen-bond acceptors (Lipinski definition) is 5. The van der Waals surface area contributed by atoms with E-state index in [4.69, 9.17) is 16.3 Å². The Hall–Kier alpha value is -3.08. The fourth-order valence-corrected chi connectivity index (χ4v) is 1.41. The number of hydrogen-bond donors (Lipinski definition) is 1. The number of benzene rings is 1. The molecule has 0 spiro atoms. The van der Waals surface area contributed by atoms with Gasteiger partial charge in [-0.3, -0.25) is 19.7 Å². The maximum atomic E-state index is 11.8. The van der Waals surface area contributed by atoms with E-state index < -0.39 is 30.0 Å². The fraction of sp³-hybridized carbons (Fsp3) is 0.231. The molecule has 1 amide bonds. The van der Waals surface area contributed by atoms with E-state index in [0.717, 1.165) is 4.90 Å². The van der Waals surface area contributed by atoms with Gasteiger partial charge >= 0.3 is 5.97 Å². The molecule has 1 aromatic carbocycles. The quantitative estimate of drug-likeness (QED) is 0.445. The highest BCUT2D eigenvalue weighted by molar-refractivity contribution is 5.82. The van der Waals surface area contributed by atoms with E-state index in [1.165, 1.54) is 24.3 Å². The van der Waals surface area contributed by atoms with Crippen LogP contribution in [0.25, 0.3) is 0 Å². The molecule has 1 rings (SSSR count). The molecule has 21 heavy (non-hydrogen) atoms. The molecule has 0 saturated carbocycles. The zero-order valence-electron chi connectivity index (χ0n) is 10.9. The first-order valence-electron chi connectivity index (χ1n) is 5.74. The minimum atomic E-state index is -1.19. The van der Waals surface area contributed by atoms with Gasteiger partial charge in [0.2, 0.25) is 0 Å². The summed E-state index contributed by atoms with van der Waals surface area (Å²) in [6.45, 7) is -1.08. The predicted molar refractivity (Wildman–Crippen MR) is 71.6 cm³/mol. The van der Waals surface area contributed by atoms with E-state index in [-0.39, 0.29) is 18.0 Å². The Labute approximate surface area is 120 Å². The SMILES string of the molecule is C#CCN(CC(=O)O)C(=O)COc1ccc([N+](=O)[O-])cc1. The Morgan fingerprint density at radius 3 is 2.48 bits per heavy atom. The number of carbonyl (C=O) groups excluding carboxylic acids is 1. The first-order chi connectivity index (χ1) is 9.93. The summed E-state index contributed by atoms with van der Waals surface area (Å²) in [4.78, 5) is 33.2. The molecule has 0 bridgehead atoms. The minimum absolute atomic E-state index is 0.103. The van der Waals surface area contributed by atoms with Gasteiger partial charge < -0.3 is 14.7 Å². The van der Waals surface area contributed by atoms with Crippen LogP contribution in [-0.4, -0.2) is 46.5 Å². The number of carbonyl (C=O) groups is 2. The van der Waals surface area contributed by atoms with E-state index in [2.05, 4.69) is 5.92 Å². The number of nitro groups is 1. The minimum Gasteiger partial charge on any atom is -0.484 e. The molecule has 1 aromatic rings. The molecule has 0 atom stereocenters. The van der Waals surface area contributed by atoms with E-state index in [1.807, 2.05) is 0 Å². The van der Waals surface area contributed by atoms with Crippen molar-refractivity contribution in [1.82, 2.24) is 4.90 Å². The monoisotopic (exact) mass is 292 g/mol. The maximum absolute atomic E-state index is 11.8. The van der Waals surface area contributed by atoms with E-state index in [0.29, 0.717) is 0 Å². The second-order valence-corrected chi connectivity index (χ2v) is 3.89. The average molecular weight is 292 g/mol. The third-order valence-corrected chi connectivity index (χ3v) is 2.37. The number of amides is 1. The van der Waals surface area contributed by atoms with Crippen LogP contribution in [-0.2, 0) is 9.59 Å². The summed E-state index contributed by atoms with van der Waals surface area (Å²) in [6, 6.07) is 5.15. The summed E-state index contributed by atoms with van der Waals surface area (Å²) in [7, 11) is 0. The molecule has 0 aromatic heterocycles. The van der Waals surface area contributed by atoms with Crippen molar-refractivity contribution in [2.24, 2.45) is 0 Å². The van der Waals surface area contributed by atoms with Gasteiger partial charge in [-0.15, -0.1) is 6.42 Å². The van der Waals surface area contributed by atoms with Gasteiger partial charge in [-0.2, -0.15) is 0 Å². The normalized spacial score (nSPS) is 9.48. The lowest BCUT2D eigenvalue weighted by atomic mass is 10.3. The molecule has 8 nitrogen and oxygen atoms in total. The van der Waals surface area contributed by atoms with Crippen LogP contribution >= 0.6 is 0 Å². The second kappa shape index (κ2) is 7.49. The maximum Gasteiger partial charge on any atom is 0.323 e. The molecule has 0 heterocycles. The Morgan fingerprint density at radius 1 is 1.38 bits per heavy atom. The van der Waals surface area contributed by atoms with Crippen molar-refractivity contribution in [3.8, 4) is 18.1 Å². The molecule has 0 unspecified atom stereocenters. The topological polar surface area (TPSA) is 110 Å². The Morgan fingerprint density at radius 2 is 2.00 bits per heavy atom. The summed E-state index contributed by atoms with van der Waals surface area (Å²) in [5, 5.41) is 19.1. The third-order valence-electron chi connectivity index (χ3n) is 2.37. The van der Waals surface area contributed by atoms with Gasteiger partial charge in [-0.1, -0.05) is 5.92 Å². The molecule has 0 aliphatic heterocycles. The standard InChI is InChI=1S/C13H12N2O6/c1-2-7-14(8-13(17)18)12(16)9-21-11-5-3-10(4-6-11)15(19)20/h1,3-6H,7-9H2,(H,17,18). The molecule has 0 saturated heterocycles. The van der Waals surface area contributed by atoms with Gasteiger partial charge in [0.15, 0.2) is 6.61 Å². The summed E-state index contributed by atoms with van der Waals surface area (Å²) >= 11 is 0. The number of aliphatic carboxylic acids is 1. The Bertz CT molecular complexity index is 575. The van der Waals surface area contributed by atoms with Crippen molar-refractivity contribution < 1.29 is 24.4 Å². The van der Waals surface area contributed by atoms with Gasteiger partial charge in [0.25, 0.3) is 11.6 Å². The summed E-state index contributed by atoms with van der Waals surface area (Å²) in [5.41, 5.74) is -0.103. The predicted octanol–water partition coefficient (Wildman–Crippen LogP) is 0.520. The number of nitro benzene ring substituents is 1. The number of ether oxygens (including phenoxy) is 1. The lowest BCUT2D eigenvalue weighted by Crippen LogP contribution is -2.38. The molecule has 0 aliphatic rings. The van der Waals surface area contributed by atoms with Crippen molar-refractivity contribution in [3.63, 3.8) is 0 Å². The van der Waals surface area contributed by atoms with Crippen LogP contribution in [0, 0.1) is 22.5 Å². The van der Waals surface area contributed by atoms with Gasteiger partial charge in [0, 0.05) is 12.1 Å². The van der Waals surface area contributed by atoms with Crippen LogP contribution in [0.4, 0.5) is 5.69 Å². The summed E-state index contributed by atoms with van der Waals surface area (Å²) < 4.78 is 5.14. The molecule has 1 N–H and O–H groups in total. The Kier molecular flexibility index (Phi) is 5.70. The van der Waals surface area contributed by atoms with Crippen LogP contribution in [0.3, 0.4) is 0 Å². The highest BCUT2D eigenvalue weighted by Gasteiger charge is 2.16. The van der Waals surface area contributed by atoms with Crippen LogP contribution in [0.15, 0.2) is 24.3 Å². The number of terminal acetylenes is 1. The van der Waals surface area contributed by atoms with E-state index in [1.54, 1.807) is 0 Å². The van der Waals surface area contributed by atoms with Gasteiger partial charge in [0.1, 0.15) is 12.3 Å². The molecule has 8 heteroatoms. The van der Waals surface area contributed by atoms with Crippen LogP contribution in [0.2, 0.25) is 0 Å². The zero-order valence-corrected chi connectivity index (χ0v) is 10.9. The molecular weight excluding hydrogens is 280 g/mol. The van der Waals surface area contributed by atoms with Gasteiger partial charge in [-0.25, -0.2) is 0 Å². The van der Waals surface area contributed by atoms with Gasteiger partial charge in [0.05, 0.1) is 11.5 Å².